The Balaban J connectivity index is 1.61. The summed E-state index contributed by atoms with van der Waals surface area (Å²) in [4.78, 5) is 33.5. The van der Waals surface area contributed by atoms with Crippen molar-refractivity contribution in [1.29, 1.82) is 0 Å². The fraction of sp³-hybridized carbons (Fsp3) is 0.400. The Labute approximate surface area is 191 Å². The van der Waals surface area contributed by atoms with Crippen LogP contribution in [0, 0.1) is 18.8 Å². The van der Waals surface area contributed by atoms with Crippen LogP contribution in [0.15, 0.2) is 53.6 Å². The molecule has 1 amide bonds. The molecule has 1 aromatic heterocycles. The van der Waals surface area contributed by atoms with Crippen LogP contribution in [0.4, 0.5) is 5.13 Å². The maximum absolute atomic E-state index is 13.8. The zero-order chi connectivity index (χ0) is 22.4. The van der Waals surface area contributed by atoms with E-state index in [0.717, 1.165) is 30.5 Å². The molecule has 0 radical (unpaired) electrons. The molecule has 3 aliphatic rings. The van der Waals surface area contributed by atoms with Gasteiger partial charge in [-0.2, -0.15) is 0 Å². The van der Waals surface area contributed by atoms with Gasteiger partial charge in [-0.15, -0.1) is 11.3 Å². The second kappa shape index (κ2) is 8.20. The number of nitrogens with zero attached hydrogens (tertiary/aromatic N) is 2. The fourth-order valence-corrected chi connectivity index (χ4v) is 5.80. The van der Waals surface area contributed by atoms with E-state index in [0.29, 0.717) is 29.0 Å². The predicted molar refractivity (Wildman–Crippen MR) is 123 cm³/mol. The van der Waals surface area contributed by atoms with E-state index in [9.17, 15) is 9.59 Å². The number of anilines is 1. The lowest BCUT2D eigenvalue weighted by Crippen LogP contribution is -2.41. The Kier molecular flexibility index (Phi) is 5.37. The molecule has 4 unspecified atom stereocenters. The van der Waals surface area contributed by atoms with Crippen molar-refractivity contribution < 1.29 is 19.1 Å². The first-order valence-corrected chi connectivity index (χ1v) is 11.9. The number of ketones is 1. The van der Waals surface area contributed by atoms with Gasteiger partial charge in [-0.05, 0) is 49.8 Å². The summed E-state index contributed by atoms with van der Waals surface area (Å²) in [6.07, 6.45) is 4.06. The Hall–Kier alpha value is -2.93. The number of hydrogen-bond donors (Lipinski definition) is 0. The molecule has 6 nitrogen and oxygen atoms in total. The van der Waals surface area contributed by atoms with Crippen LogP contribution in [-0.2, 0) is 14.3 Å². The number of fused-ring (bicyclic) bond motifs is 1. The molecule has 2 aliphatic heterocycles. The van der Waals surface area contributed by atoms with Crippen molar-refractivity contribution in [2.24, 2.45) is 11.8 Å². The maximum atomic E-state index is 13.8. The average molecular weight is 451 g/mol. The third kappa shape index (κ3) is 3.45. The van der Waals surface area contributed by atoms with Gasteiger partial charge in [-0.3, -0.25) is 14.5 Å². The summed E-state index contributed by atoms with van der Waals surface area (Å²) in [6, 6.07) is 6.95. The van der Waals surface area contributed by atoms with Crippen LogP contribution in [0.5, 0.6) is 5.75 Å². The standard InChI is InChI=1S/C25H26N2O4S/c1-4-10-30-17-7-5-6-16(12-17)21-20-22(28)18-11-14(2)8-9-19(18)31-23(20)24(29)27(21)25-26-15(3)13-32-25/h4-7,12-14,18-19,21H,1,8-11H2,2-3H3. The van der Waals surface area contributed by atoms with E-state index in [1.54, 1.807) is 11.0 Å². The van der Waals surface area contributed by atoms with E-state index in [4.69, 9.17) is 9.47 Å². The number of carbonyl (C=O) groups is 2. The third-order valence-corrected chi connectivity index (χ3v) is 7.42. The smallest absolute Gasteiger partial charge is 0.296 e. The highest BCUT2D eigenvalue weighted by molar-refractivity contribution is 7.14. The van der Waals surface area contributed by atoms with Crippen molar-refractivity contribution in [3.05, 3.63) is 64.9 Å². The molecule has 4 atom stereocenters. The van der Waals surface area contributed by atoms with Crippen molar-refractivity contribution in [3.8, 4) is 5.75 Å². The van der Waals surface area contributed by atoms with Crippen molar-refractivity contribution in [2.45, 2.75) is 45.3 Å². The highest BCUT2D eigenvalue weighted by Gasteiger charge is 2.53. The molecule has 1 aromatic carbocycles. The number of benzene rings is 1. The SMILES string of the molecule is C=CCOc1cccc(C2C3=C(OC4CCC(C)CC4C3=O)C(=O)N2c2nc(C)cs2)c1. The topological polar surface area (TPSA) is 68.7 Å². The van der Waals surface area contributed by atoms with Crippen molar-refractivity contribution in [2.75, 3.05) is 11.5 Å². The molecule has 0 bridgehead atoms. The Morgan fingerprint density at radius 3 is 2.94 bits per heavy atom. The minimum atomic E-state index is -0.582. The van der Waals surface area contributed by atoms with E-state index in [1.165, 1.54) is 11.3 Å². The molecule has 166 valence electrons. The largest absolute Gasteiger partial charge is 0.490 e. The van der Waals surface area contributed by atoms with Gasteiger partial charge in [0.15, 0.2) is 16.7 Å². The molecule has 0 saturated heterocycles. The molecule has 3 heterocycles. The monoisotopic (exact) mass is 450 g/mol. The number of aryl methyl sites for hydroxylation is 1. The highest BCUT2D eigenvalue weighted by Crippen LogP contribution is 2.49. The van der Waals surface area contributed by atoms with Gasteiger partial charge in [-0.25, -0.2) is 4.98 Å². The summed E-state index contributed by atoms with van der Waals surface area (Å²) in [5.41, 5.74) is 2.09. The molecule has 0 spiro atoms. The van der Waals surface area contributed by atoms with Crippen LogP contribution < -0.4 is 9.64 Å². The normalized spacial score (nSPS) is 27.1. The summed E-state index contributed by atoms with van der Waals surface area (Å²) in [6.45, 7) is 8.14. The van der Waals surface area contributed by atoms with E-state index in [-0.39, 0.29) is 29.5 Å². The van der Waals surface area contributed by atoms with E-state index in [2.05, 4.69) is 18.5 Å². The number of rotatable bonds is 5. The van der Waals surface area contributed by atoms with Gasteiger partial charge in [0.25, 0.3) is 5.91 Å². The van der Waals surface area contributed by atoms with Crippen LogP contribution in [0.25, 0.3) is 0 Å². The quantitative estimate of drug-likeness (QED) is 0.614. The van der Waals surface area contributed by atoms with Gasteiger partial charge in [0.05, 0.1) is 23.2 Å². The van der Waals surface area contributed by atoms with Crippen LogP contribution in [0.3, 0.4) is 0 Å². The van der Waals surface area contributed by atoms with Crippen molar-refractivity contribution >= 4 is 28.2 Å². The first-order valence-electron chi connectivity index (χ1n) is 11.0. The molecule has 1 saturated carbocycles. The summed E-state index contributed by atoms with van der Waals surface area (Å²) in [5, 5.41) is 2.47. The lowest BCUT2D eigenvalue weighted by Gasteiger charge is -2.37. The maximum Gasteiger partial charge on any atom is 0.296 e. The Bertz CT molecular complexity index is 1120. The lowest BCUT2D eigenvalue weighted by atomic mass is 9.74. The first-order chi connectivity index (χ1) is 15.5. The van der Waals surface area contributed by atoms with Gasteiger partial charge in [0, 0.05) is 5.38 Å². The molecule has 5 rings (SSSR count). The van der Waals surface area contributed by atoms with Crippen LogP contribution in [-0.4, -0.2) is 29.4 Å². The number of hydrogen-bond acceptors (Lipinski definition) is 6. The van der Waals surface area contributed by atoms with Gasteiger partial charge >= 0.3 is 0 Å². The Morgan fingerprint density at radius 2 is 2.19 bits per heavy atom. The summed E-state index contributed by atoms with van der Waals surface area (Å²) in [5.74, 6) is 0.867. The first kappa shape index (κ1) is 20.9. The Morgan fingerprint density at radius 1 is 1.34 bits per heavy atom. The summed E-state index contributed by atoms with van der Waals surface area (Å²) >= 11 is 1.40. The average Bonchev–Trinajstić information content (AvgIpc) is 3.34. The van der Waals surface area contributed by atoms with Gasteiger partial charge in [0.2, 0.25) is 0 Å². The lowest BCUT2D eigenvalue weighted by molar-refractivity contribution is -0.132. The van der Waals surface area contributed by atoms with Gasteiger partial charge in [-0.1, -0.05) is 31.7 Å². The van der Waals surface area contributed by atoms with Gasteiger partial charge in [0.1, 0.15) is 18.5 Å². The van der Waals surface area contributed by atoms with Gasteiger partial charge < -0.3 is 9.47 Å². The summed E-state index contributed by atoms with van der Waals surface area (Å²) < 4.78 is 12.0. The molecule has 7 heteroatoms. The van der Waals surface area contributed by atoms with E-state index >= 15 is 0 Å². The third-order valence-electron chi connectivity index (χ3n) is 6.46. The van der Waals surface area contributed by atoms with Crippen LogP contribution >= 0.6 is 11.3 Å². The number of thiazole rings is 1. The summed E-state index contributed by atoms with van der Waals surface area (Å²) in [7, 11) is 0. The highest BCUT2D eigenvalue weighted by atomic mass is 32.1. The molecule has 1 aliphatic carbocycles. The van der Waals surface area contributed by atoms with Crippen LogP contribution in [0.2, 0.25) is 0 Å². The molecule has 32 heavy (non-hydrogen) atoms. The zero-order valence-electron chi connectivity index (χ0n) is 18.2. The number of carbonyl (C=O) groups excluding carboxylic acids is 2. The molecular formula is C25H26N2O4S. The second-order valence-corrected chi connectivity index (χ2v) is 9.65. The molecule has 1 fully saturated rings. The van der Waals surface area contributed by atoms with Crippen molar-refractivity contribution in [1.82, 2.24) is 4.98 Å². The molecular weight excluding hydrogens is 424 g/mol. The van der Waals surface area contributed by atoms with Crippen LogP contribution in [0.1, 0.15) is 43.5 Å². The number of ether oxygens (including phenoxy) is 2. The minimum absolute atomic E-state index is 0.0364. The fourth-order valence-electron chi connectivity index (χ4n) is 4.97. The van der Waals surface area contributed by atoms with Crippen molar-refractivity contribution in [3.63, 3.8) is 0 Å². The zero-order valence-corrected chi connectivity index (χ0v) is 19.1. The number of aromatic nitrogens is 1. The predicted octanol–water partition coefficient (Wildman–Crippen LogP) is 4.76. The van der Waals surface area contributed by atoms with E-state index in [1.807, 2.05) is 36.6 Å². The molecule has 0 N–H and O–H groups in total. The number of amides is 1. The van der Waals surface area contributed by atoms with E-state index < -0.39 is 6.04 Å². The second-order valence-electron chi connectivity index (χ2n) is 8.81. The number of Topliss-reactive ketones (excluding diaryl/α,β-unsaturated/α-hetero) is 1. The minimum Gasteiger partial charge on any atom is -0.490 e. The molecule has 2 aromatic rings.